The van der Waals surface area contributed by atoms with Gasteiger partial charge in [0.2, 0.25) is 6.10 Å². The summed E-state index contributed by atoms with van der Waals surface area (Å²) in [7, 11) is 0. The second-order valence-electron chi connectivity index (χ2n) is 5.59. The van der Waals surface area contributed by atoms with E-state index in [9.17, 15) is 4.79 Å². The van der Waals surface area contributed by atoms with Crippen molar-refractivity contribution in [3.63, 3.8) is 0 Å². The average Bonchev–Trinajstić information content (AvgIpc) is 2.82. The molecule has 0 saturated heterocycles. The number of rotatable bonds is 4. The van der Waals surface area contributed by atoms with Gasteiger partial charge in [-0.2, -0.15) is 0 Å². The fraction of sp³-hybridized carbons (Fsp3) is 0.500. The van der Waals surface area contributed by atoms with Crippen LogP contribution in [-0.4, -0.2) is 18.7 Å². The molecule has 0 N–H and O–H groups in total. The smallest absolute Gasteiger partial charge is 0.348 e. The van der Waals surface area contributed by atoms with E-state index in [0.29, 0.717) is 18.9 Å². The summed E-state index contributed by atoms with van der Waals surface area (Å²) in [6.07, 6.45) is 0.919. The summed E-state index contributed by atoms with van der Waals surface area (Å²) in [4.78, 5) is 12.1. The Bertz CT molecular complexity index is 551. The number of fused-ring (bicyclic) bond motifs is 1. The summed E-state index contributed by atoms with van der Waals surface area (Å²) >= 11 is 0. The van der Waals surface area contributed by atoms with Crippen molar-refractivity contribution in [1.82, 2.24) is 0 Å². The number of hydrogen-bond acceptors (Lipinski definition) is 3. The van der Waals surface area contributed by atoms with Gasteiger partial charge in [-0.25, -0.2) is 4.79 Å². The highest BCUT2D eigenvalue weighted by Crippen LogP contribution is 2.40. The first-order valence-corrected chi connectivity index (χ1v) is 7.51. The Hall–Kier alpha value is -1.95. The van der Waals surface area contributed by atoms with Gasteiger partial charge >= 0.3 is 5.97 Å². The molecular formula is C18H22O3. The fourth-order valence-electron chi connectivity index (χ4n) is 2.39. The van der Waals surface area contributed by atoms with Crippen LogP contribution >= 0.6 is 0 Å². The maximum absolute atomic E-state index is 12.1. The molecule has 0 aliphatic carbocycles. The standard InChI is InChI=1S/C18H22O3/c1-4-20-18(19)17-15(11-6-5-9-13(2)3)14-10-7-8-12-16(14)21-17/h7-8,10,12-13,15,17H,4,9,11H2,1-3H3. The van der Waals surface area contributed by atoms with Gasteiger partial charge in [0.15, 0.2) is 0 Å². The molecule has 0 saturated carbocycles. The summed E-state index contributed by atoms with van der Waals surface area (Å²) in [5.74, 6) is 7.35. The topological polar surface area (TPSA) is 35.5 Å². The Morgan fingerprint density at radius 3 is 2.81 bits per heavy atom. The first-order valence-electron chi connectivity index (χ1n) is 7.51. The van der Waals surface area contributed by atoms with Gasteiger partial charge < -0.3 is 9.47 Å². The van der Waals surface area contributed by atoms with Gasteiger partial charge in [-0.1, -0.05) is 32.0 Å². The quantitative estimate of drug-likeness (QED) is 0.627. The number of hydrogen-bond donors (Lipinski definition) is 0. The van der Waals surface area contributed by atoms with Crippen LogP contribution in [-0.2, 0) is 9.53 Å². The van der Waals surface area contributed by atoms with E-state index < -0.39 is 6.10 Å². The minimum Gasteiger partial charge on any atom is -0.478 e. The maximum atomic E-state index is 12.1. The van der Waals surface area contributed by atoms with Crippen molar-refractivity contribution < 1.29 is 14.3 Å². The van der Waals surface area contributed by atoms with Crippen LogP contribution in [0.1, 0.15) is 45.1 Å². The molecule has 0 spiro atoms. The van der Waals surface area contributed by atoms with Crippen molar-refractivity contribution in [3.05, 3.63) is 29.8 Å². The van der Waals surface area contributed by atoms with Crippen LogP contribution in [0, 0.1) is 17.8 Å². The molecule has 0 aromatic heterocycles. The zero-order chi connectivity index (χ0) is 15.2. The third kappa shape index (κ3) is 3.78. The van der Waals surface area contributed by atoms with Crippen molar-refractivity contribution in [1.29, 1.82) is 0 Å². The maximum Gasteiger partial charge on any atom is 0.348 e. The van der Waals surface area contributed by atoms with E-state index in [-0.39, 0.29) is 11.9 Å². The molecule has 21 heavy (non-hydrogen) atoms. The number of esters is 1. The van der Waals surface area contributed by atoms with Crippen LogP contribution in [0.2, 0.25) is 0 Å². The van der Waals surface area contributed by atoms with Crippen LogP contribution < -0.4 is 4.74 Å². The van der Waals surface area contributed by atoms with E-state index in [2.05, 4.69) is 25.7 Å². The normalized spacial score (nSPS) is 19.4. The second-order valence-corrected chi connectivity index (χ2v) is 5.59. The number of carbonyl (C=O) groups is 1. The SMILES string of the molecule is CCOC(=O)C1Oc2ccccc2C1CC#CCC(C)C. The van der Waals surface area contributed by atoms with Gasteiger partial charge in [0, 0.05) is 24.3 Å². The fourth-order valence-corrected chi connectivity index (χ4v) is 2.39. The van der Waals surface area contributed by atoms with Crippen LogP contribution in [0.15, 0.2) is 24.3 Å². The highest BCUT2D eigenvalue weighted by Gasteiger charge is 2.39. The van der Waals surface area contributed by atoms with E-state index in [1.54, 1.807) is 6.92 Å². The molecule has 2 rings (SSSR count). The van der Waals surface area contributed by atoms with Crippen molar-refractivity contribution >= 4 is 5.97 Å². The summed E-state index contributed by atoms with van der Waals surface area (Å²) in [5, 5.41) is 0. The van der Waals surface area contributed by atoms with Crippen molar-refractivity contribution in [3.8, 4) is 17.6 Å². The summed E-state index contributed by atoms with van der Waals surface area (Å²) < 4.78 is 10.9. The van der Waals surface area contributed by atoms with E-state index in [0.717, 1.165) is 17.7 Å². The van der Waals surface area contributed by atoms with E-state index in [1.807, 2.05) is 24.3 Å². The highest BCUT2D eigenvalue weighted by atomic mass is 16.6. The number of carbonyl (C=O) groups excluding carboxylic acids is 1. The molecule has 1 heterocycles. The predicted octanol–water partition coefficient (Wildman–Crippen LogP) is 3.53. The van der Waals surface area contributed by atoms with Gasteiger partial charge in [0.25, 0.3) is 0 Å². The molecule has 3 nitrogen and oxygen atoms in total. The third-order valence-corrected chi connectivity index (χ3v) is 3.41. The first kappa shape index (κ1) is 15.4. The lowest BCUT2D eigenvalue weighted by Crippen LogP contribution is -2.31. The Morgan fingerprint density at radius 2 is 2.10 bits per heavy atom. The van der Waals surface area contributed by atoms with Crippen LogP contribution in [0.25, 0.3) is 0 Å². The molecule has 2 atom stereocenters. The van der Waals surface area contributed by atoms with Gasteiger partial charge in [-0.3, -0.25) is 0 Å². The molecule has 0 fully saturated rings. The number of para-hydroxylation sites is 1. The molecule has 3 heteroatoms. The van der Waals surface area contributed by atoms with E-state index in [4.69, 9.17) is 9.47 Å². The van der Waals surface area contributed by atoms with E-state index in [1.165, 1.54) is 0 Å². The van der Waals surface area contributed by atoms with Crippen molar-refractivity contribution in [2.24, 2.45) is 5.92 Å². The Kier molecular flexibility index (Phi) is 5.27. The average molecular weight is 286 g/mol. The summed E-state index contributed by atoms with van der Waals surface area (Å²) in [6.45, 7) is 6.45. The molecule has 1 aliphatic rings. The molecule has 1 aliphatic heterocycles. The van der Waals surface area contributed by atoms with Crippen molar-refractivity contribution in [2.75, 3.05) is 6.61 Å². The lowest BCUT2D eigenvalue weighted by atomic mass is 9.92. The van der Waals surface area contributed by atoms with Gasteiger partial charge in [0.1, 0.15) is 5.75 Å². The lowest BCUT2D eigenvalue weighted by Gasteiger charge is -2.15. The Labute approximate surface area is 126 Å². The highest BCUT2D eigenvalue weighted by molar-refractivity contribution is 5.78. The number of ether oxygens (including phenoxy) is 2. The molecule has 2 unspecified atom stereocenters. The molecule has 112 valence electrons. The minimum atomic E-state index is -0.573. The Morgan fingerprint density at radius 1 is 1.33 bits per heavy atom. The van der Waals surface area contributed by atoms with Gasteiger partial charge in [-0.15, -0.1) is 11.8 Å². The molecule has 0 radical (unpaired) electrons. The lowest BCUT2D eigenvalue weighted by molar-refractivity contribution is -0.151. The Balaban J connectivity index is 2.15. The van der Waals surface area contributed by atoms with Gasteiger partial charge in [-0.05, 0) is 18.9 Å². The zero-order valence-electron chi connectivity index (χ0n) is 12.9. The second kappa shape index (κ2) is 7.17. The summed E-state index contributed by atoms with van der Waals surface area (Å²) in [6, 6.07) is 7.77. The predicted molar refractivity (Wildman–Crippen MR) is 82.1 cm³/mol. The largest absolute Gasteiger partial charge is 0.478 e. The van der Waals surface area contributed by atoms with Crippen molar-refractivity contribution in [2.45, 2.75) is 45.6 Å². The zero-order valence-corrected chi connectivity index (χ0v) is 12.9. The summed E-state index contributed by atoms with van der Waals surface area (Å²) in [5.41, 5.74) is 1.05. The minimum absolute atomic E-state index is 0.0417. The third-order valence-electron chi connectivity index (χ3n) is 3.41. The molecule has 0 amide bonds. The monoisotopic (exact) mass is 286 g/mol. The molecule has 0 bridgehead atoms. The molecule has 1 aromatic carbocycles. The first-order chi connectivity index (χ1) is 10.1. The molecule has 1 aromatic rings. The van der Waals surface area contributed by atoms with Gasteiger partial charge in [0.05, 0.1) is 6.61 Å². The van der Waals surface area contributed by atoms with E-state index >= 15 is 0 Å². The molecular weight excluding hydrogens is 264 g/mol. The number of benzene rings is 1. The van der Waals surface area contributed by atoms with Crippen LogP contribution in [0.3, 0.4) is 0 Å². The van der Waals surface area contributed by atoms with Crippen LogP contribution in [0.4, 0.5) is 0 Å². The van der Waals surface area contributed by atoms with Crippen LogP contribution in [0.5, 0.6) is 5.75 Å².